The van der Waals surface area contributed by atoms with Gasteiger partial charge in [0.25, 0.3) is 0 Å². The minimum atomic E-state index is -3.47. The van der Waals surface area contributed by atoms with Crippen molar-refractivity contribution in [2.24, 2.45) is 11.1 Å². The van der Waals surface area contributed by atoms with Crippen LogP contribution in [0.5, 0.6) is 0 Å². The van der Waals surface area contributed by atoms with Crippen LogP contribution >= 0.6 is 0 Å². The van der Waals surface area contributed by atoms with Crippen LogP contribution in [0, 0.1) is 5.92 Å². The van der Waals surface area contributed by atoms with Crippen molar-refractivity contribution in [1.29, 1.82) is 0 Å². The monoisotopic (exact) mass is 221 g/mol. The van der Waals surface area contributed by atoms with E-state index in [1.54, 1.807) is 0 Å². The van der Waals surface area contributed by atoms with Gasteiger partial charge in [0.15, 0.2) is 0 Å². The molecule has 0 saturated carbocycles. The summed E-state index contributed by atoms with van der Waals surface area (Å²) >= 11 is 0. The zero-order valence-electron chi connectivity index (χ0n) is 7.82. The SMILES string of the molecule is NS(=O)(=O)CCNC(=O)C1CCNC1. The first-order valence-electron chi connectivity index (χ1n) is 4.48. The fourth-order valence-electron chi connectivity index (χ4n) is 1.34. The van der Waals surface area contributed by atoms with Gasteiger partial charge in [0.05, 0.1) is 11.7 Å². The minimum Gasteiger partial charge on any atom is -0.355 e. The summed E-state index contributed by atoms with van der Waals surface area (Å²) in [5.74, 6) is -0.340. The van der Waals surface area contributed by atoms with Gasteiger partial charge in [-0.3, -0.25) is 4.79 Å². The second-order valence-electron chi connectivity index (χ2n) is 3.35. The average molecular weight is 221 g/mol. The Morgan fingerprint density at radius 1 is 1.57 bits per heavy atom. The Hall–Kier alpha value is -0.660. The molecule has 0 radical (unpaired) electrons. The van der Waals surface area contributed by atoms with Gasteiger partial charge in [-0.2, -0.15) is 0 Å². The largest absolute Gasteiger partial charge is 0.355 e. The molecule has 1 heterocycles. The van der Waals surface area contributed by atoms with Crippen molar-refractivity contribution >= 4 is 15.9 Å². The molecule has 0 aliphatic carbocycles. The lowest BCUT2D eigenvalue weighted by atomic mass is 10.1. The predicted octanol–water partition coefficient (Wildman–Crippen LogP) is -2.00. The summed E-state index contributed by atoms with van der Waals surface area (Å²) < 4.78 is 21.1. The molecule has 0 aromatic rings. The molecule has 14 heavy (non-hydrogen) atoms. The molecule has 0 bridgehead atoms. The van der Waals surface area contributed by atoms with Crippen molar-refractivity contribution in [2.45, 2.75) is 6.42 Å². The molecular formula is C7H15N3O3S. The van der Waals surface area contributed by atoms with Crippen LogP contribution in [-0.4, -0.2) is 39.7 Å². The van der Waals surface area contributed by atoms with Crippen molar-refractivity contribution < 1.29 is 13.2 Å². The maximum atomic E-state index is 11.3. The van der Waals surface area contributed by atoms with Gasteiger partial charge in [-0.1, -0.05) is 0 Å². The topological polar surface area (TPSA) is 101 Å². The second kappa shape index (κ2) is 4.72. The third-order valence-corrected chi connectivity index (χ3v) is 2.89. The van der Waals surface area contributed by atoms with Crippen LogP contribution in [0.4, 0.5) is 0 Å². The third kappa shape index (κ3) is 4.03. The zero-order chi connectivity index (χ0) is 10.6. The molecule has 1 fully saturated rings. The Morgan fingerprint density at radius 3 is 2.79 bits per heavy atom. The van der Waals surface area contributed by atoms with Gasteiger partial charge in [-0.25, -0.2) is 13.6 Å². The maximum absolute atomic E-state index is 11.3. The maximum Gasteiger partial charge on any atom is 0.224 e. The summed E-state index contributed by atoms with van der Waals surface area (Å²) in [4.78, 5) is 11.3. The summed E-state index contributed by atoms with van der Waals surface area (Å²) in [5.41, 5.74) is 0. The minimum absolute atomic E-state index is 0.0320. The number of amides is 1. The van der Waals surface area contributed by atoms with Gasteiger partial charge < -0.3 is 10.6 Å². The Labute approximate surface area is 83.3 Å². The Kier molecular flexibility index (Phi) is 3.85. The van der Waals surface area contributed by atoms with E-state index in [1.165, 1.54) is 0 Å². The fourth-order valence-corrected chi connectivity index (χ4v) is 1.73. The van der Waals surface area contributed by atoms with Gasteiger partial charge in [0, 0.05) is 13.1 Å². The van der Waals surface area contributed by atoms with Crippen molar-refractivity contribution in [2.75, 3.05) is 25.4 Å². The lowest BCUT2D eigenvalue weighted by Gasteiger charge is -2.08. The molecule has 1 aliphatic heterocycles. The molecule has 82 valence electrons. The van der Waals surface area contributed by atoms with Gasteiger partial charge in [-0.15, -0.1) is 0 Å². The molecule has 1 rings (SSSR count). The Balaban J connectivity index is 2.21. The van der Waals surface area contributed by atoms with E-state index >= 15 is 0 Å². The molecule has 1 saturated heterocycles. The van der Waals surface area contributed by atoms with Gasteiger partial charge in [0.1, 0.15) is 0 Å². The number of primary sulfonamides is 1. The Bertz CT molecular complexity index is 295. The molecule has 7 heteroatoms. The van der Waals surface area contributed by atoms with Crippen LogP contribution in [-0.2, 0) is 14.8 Å². The number of rotatable bonds is 4. The average Bonchev–Trinajstić information content (AvgIpc) is 2.53. The van der Waals surface area contributed by atoms with E-state index in [4.69, 9.17) is 5.14 Å². The van der Waals surface area contributed by atoms with Crippen LogP contribution in [0.15, 0.2) is 0 Å². The molecule has 0 aromatic heterocycles. The highest BCUT2D eigenvalue weighted by Gasteiger charge is 2.21. The summed E-state index contributed by atoms with van der Waals surface area (Å²) in [6.07, 6.45) is 0.807. The number of carbonyl (C=O) groups excluding carboxylic acids is 1. The van der Waals surface area contributed by atoms with Crippen molar-refractivity contribution in [3.05, 3.63) is 0 Å². The van der Waals surface area contributed by atoms with Crippen LogP contribution in [0.3, 0.4) is 0 Å². The van der Waals surface area contributed by atoms with Gasteiger partial charge in [0.2, 0.25) is 15.9 Å². The highest BCUT2D eigenvalue weighted by atomic mass is 32.2. The van der Waals surface area contributed by atoms with Crippen molar-refractivity contribution in [1.82, 2.24) is 10.6 Å². The number of nitrogens with two attached hydrogens (primary N) is 1. The van der Waals surface area contributed by atoms with Crippen molar-refractivity contribution in [3.8, 4) is 0 Å². The number of carbonyl (C=O) groups is 1. The number of nitrogens with one attached hydrogen (secondary N) is 2. The standard InChI is InChI=1S/C7H15N3O3S/c8-14(12,13)4-3-10-7(11)6-1-2-9-5-6/h6,9H,1-5H2,(H,10,11)(H2,8,12,13). The first-order chi connectivity index (χ1) is 6.49. The first kappa shape index (κ1) is 11.4. The second-order valence-corrected chi connectivity index (χ2v) is 5.08. The van der Waals surface area contributed by atoms with E-state index in [-0.39, 0.29) is 24.1 Å². The van der Waals surface area contributed by atoms with E-state index in [0.717, 1.165) is 13.0 Å². The lowest BCUT2D eigenvalue weighted by molar-refractivity contribution is -0.124. The molecule has 6 nitrogen and oxygen atoms in total. The van der Waals surface area contributed by atoms with E-state index in [9.17, 15) is 13.2 Å². The van der Waals surface area contributed by atoms with E-state index in [2.05, 4.69) is 10.6 Å². The number of sulfonamides is 1. The Morgan fingerprint density at radius 2 is 2.29 bits per heavy atom. The smallest absolute Gasteiger partial charge is 0.224 e. The molecule has 1 aliphatic rings. The molecular weight excluding hydrogens is 206 g/mol. The van der Waals surface area contributed by atoms with E-state index in [1.807, 2.05) is 0 Å². The van der Waals surface area contributed by atoms with Crippen LogP contribution in [0.2, 0.25) is 0 Å². The highest BCUT2D eigenvalue weighted by molar-refractivity contribution is 7.89. The molecule has 1 unspecified atom stereocenters. The number of hydrogen-bond donors (Lipinski definition) is 3. The first-order valence-corrected chi connectivity index (χ1v) is 6.19. The van der Waals surface area contributed by atoms with Gasteiger partial charge in [-0.05, 0) is 13.0 Å². The van der Waals surface area contributed by atoms with E-state index in [0.29, 0.717) is 6.54 Å². The summed E-state index contributed by atoms with van der Waals surface area (Å²) in [6, 6.07) is 0. The summed E-state index contributed by atoms with van der Waals surface area (Å²) in [6.45, 7) is 1.60. The predicted molar refractivity (Wildman–Crippen MR) is 52.0 cm³/mol. The van der Waals surface area contributed by atoms with E-state index < -0.39 is 10.0 Å². The van der Waals surface area contributed by atoms with Crippen molar-refractivity contribution in [3.63, 3.8) is 0 Å². The third-order valence-electron chi connectivity index (χ3n) is 2.12. The zero-order valence-corrected chi connectivity index (χ0v) is 8.64. The highest BCUT2D eigenvalue weighted by Crippen LogP contribution is 2.06. The molecule has 1 atom stereocenters. The molecule has 0 spiro atoms. The quantitative estimate of drug-likeness (QED) is 0.511. The lowest BCUT2D eigenvalue weighted by Crippen LogP contribution is -2.36. The van der Waals surface area contributed by atoms with Crippen LogP contribution in [0.1, 0.15) is 6.42 Å². The molecule has 4 N–H and O–H groups in total. The normalized spacial score (nSPS) is 22.2. The number of hydrogen-bond acceptors (Lipinski definition) is 4. The molecule has 0 aromatic carbocycles. The van der Waals surface area contributed by atoms with Gasteiger partial charge >= 0.3 is 0 Å². The molecule has 1 amide bonds. The fraction of sp³-hybridized carbons (Fsp3) is 0.857. The van der Waals surface area contributed by atoms with Crippen LogP contribution in [0.25, 0.3) is 0 Å². The van der Waals surface area contributed by atoms with Crippen LogP contribution < -0.4 is 15.8 Å². The summed E-state index contributed by atoms with van der Waals surface area (Å²) in [7, 11) is -3.47. The summed E-state index contributed by atoms with van der Waals surface area (Å²) in [5, 5.41) is 10.4.